The van der Waals surface area contributed by atoms with Gasteiger partial charge in [0.25, 0.3) is 0 Å². The van der Waals surface area contributed by atoms with Gasteiger partial charge in [-0.05, 0) is 205 Å². The van der Waals surface area contributed by atoms with Crippen LogP contribution in [0.5, 0.6) is 0 Å². The van der Waals surface area contributed by atoms with E-state index in [9.17, 15) is 4.79 Å². The third kappa shape index (κ3) is 34.8. The summed E-state index contributed by atoms with van der Waals surface area (Å²) in [5.41, 5.74) is 15.0. The van der Waals surface area contributed by atoms with Crippen LogP contribution in [0.1, 0.15) is 212 Å². The third-order valence-corrected chi connectivity index (χ3v) is 10.3. The molecule has 0 amide bonds. The van der Waals surface area contributed by atoms with E-state index in [1.54, 1.807) is 6.92 Å². The van der Waals surface area contributed by atoms with E-state index < -0.39 is 0 Å². The van der Waals surface area contributed by atoms with E-state index in [1.165, 1.54) is 107 Å². The molecule has 0 aromatic rings. The van der Waals surface area contributed by atoms with E-state index in [0.29, 0.717) is 6.42 Å². The maximum atomic E-state index is 11.1. The Hall–Kier alpha value is -2.93. The Balaban J connectivity index is 4.25. The van der Waals surface area contributed by atoms with Crippen LogP contribution in [-0.2, 0) is 4.79 Å². The van der Waals surface area contributed by atoms with Gasteiger partial charge in [-0.15, -0.1) is 0 Å². The van der Waals surface area contributed by atoms with E-state index in [2.05, 4.69) is 137 Å². The largest absolute Gasteiger partial charge is 0.300 e. The van der Waals surface area contributed by atoms with Crippen LogP contribution in [0, 0.1) is 0 Å². The molecule has 0 aromatic carbocycles. The van der Waals surface area contributed by atoms with Gasteiger partial charge in [0.15, 0.2) is 0 Å². The molecular formula is C53H86O. The van der Waals surface area contributed by atoms with Gasteiger partial charge in [0, 0.05) is 6.42 Å². The van der Waals surface area contributed by atoms with Gasteiger partial charge in [-0.1, -0.05) is 116 Å². The minimum absolute atomic E-state index is 0.276. The summed E-state index contributed by atoms with van der Waals surface area (Å²) >= 11 is 0. The van der Waals surface area contributed by atoms with Gasteiger partial charge in [-0.25, -0.2) is 0 Å². The molecule has 0 spiro atoms. The Kier molecular flexibility index (Phi) is 31.6. The Bertz CT molecular complexity index is 1370. The van der Waals surface area contributed by atoms with E-state index in [0.717, 1.165) is 70.6 Å². The van der Waals surface area contributed by atoms with Crippen molar-refractivity contribution in [1.82, 2.24) is 0 Å². The zero-order valence-electron chi connectivity index (χ0n) is 37.8. The van der Waals surface area contributed by atoms with Crippen LogP contribution in [-0.4, -0.2) is 5.78 Å². The minimum Gasteiger partial charge on any atom is -0.300 e. The monoisotopic (exact) mass is 739 g/mol. The fourth-order valence-corrected chi connectivity index (χ4v) is 6.40. The molecule has 0 radical (unpaired) electrons. The normalized spacial score (nSPS) is 14.6. The summed E-state index contributed by atoms with van der Waals surface area (Å²) in [4.78, 5) is 11.1. The van der Waals surface area contributed by atoms with Crippen molar-refractivity contribution in [3.05, 3.63) is 116 Å². The Morgan fingerprint density at radius 3 is 0.537 bits per heavy atom. The molecule has 1 nitrogen and oxygen atoms in total. The quantitative estimate of drug-likeness (QED) is 0.0671. The second-order valence-corrected chi connectivity index (χ2v) is 16.8. The number of allylic oxidation sites excluding steroid dienone is 20. The summed E-state index contributed by atoms with van der Waals surface area (Å²) in [6.45, 7) is 26.5. The van der Waals surface area contributed by atoms with Crippen LogP contribution in [0.2, 0.25) is 0 Å². The molecule has 0 aromatic heterocycles. The molecular weight excluding hydrogens is 653 g/mol. The molecule has 0 aliphatic rings. The summed E-state index contributed by atoms with van der Waals surface area (Å²) in [6, 6.07) is 0. The van der Waals surface area contributed by atoms with Crippen molar-refractivity contribution in [2.24, 2.45) is 0 Å². The number of carbonyl (C=O) groups is 1. The topological polar surface area (TPSA) is 17.1 Å². The van der Waals surface area contributed by atoms with Crippen LogP contribution in [0.15, 0.2) is 116 Å². The van der Waals surface area contributed by atoms with E-state index in [1.807, 2.05) is 0 Å². The zero-order valence-corrected chi connectivity index (χ0v) is 37.8. The van der Waals surface area contributed by atoms with Crippen molar-refractivity contribution in [1.29, 1.82) is 0 Å². The molecule has 0 rings (SSSR count). The average Bonchev–Trinajstić information content (AvgIpc) is 3.08. The van der Waals surface area contributed by atoms with Crippen molar-refractivity contribution in [2.75, 3.05) is 0 Å². The first-order chi connectivity index (χ1) is 25.7. The Labute approximate surface area is 337 Å². The van der Waals surface area contributed by atoms with Crippen LogP contribution in [0.25, 0.3) is 0 Å². The fourth-order valence-electron chi connectivity index (χ4n) is 6.40. The standard InChI is InChI=1S/C53H86O/c1-43(2)23-13-24-44(3)25-14-26-45(4)27-15-28-46(5)29-16-30-47(6)31-17-32-48(7)33-18-34-49(8)35-19-36-50(9)37-20-38-51(10)39-21-40-52(11)41-22-42-53(12)54/h23,25,27,29,31,33,35,37,39,41H,13-22,24,26,28,30,32,34,36,38,40,42H2,1-12H3/b44-25+,45-27+,46-29+,47-31+,48-33+,49-35+,50-37+,51-39+,52-41+. The lowest BCUT2D eigenvalue weighted by atomic mass is 10.0. The summed E-state index contributed by atoms with van der Waals surface area (Å²) in [5.74, 6) is 0.276. The molecule has 1 heteroatoms. The minimum atomic E-state index is 0.276. The van der Waals surface area contributed by atoms with Gasteiger partial charge in [0.05, 0.1) is 0 Å². The summed E-state index contributed by atoms with van der Waals surface area (Å²) in [7, 11) is 0. The number of hydrogen-bond donors (Lipinski definition) is 0. The Morgan fingerprint density at radius 2 is 0.389 bits per heavy atom. The average molecular weight is 739 g/mol. The van der Waals surface area contributed by atoms with Crippen molar-refractivity contribution in [2.45, 2.75) is 212 Å². The zero-order chi connectivity index (χ0) is 40.6. The van der Waals surface area contributed by atoms with Gasteiger partial charge in [0.2, 0.25) is 0 Å². The van der Waals surface area contributed by atoms with Crippen LogP contribution in [0.3, 0.4) is 0 Å². The number of rotatable bonds is 30. The number of hydrogen-bond acceptors (Lipinski definition) is 1. The molecule has 0 heterocycles. The molecule has 0 atom stereocenters. The molecule has 0 aliphatic heterocycles. The lowest BCUT2D eigenvalue weighted by Gasteiger charge is -2.04. The van der Waals surface area contributed by atoms with Crippen molar-refractivity contribution >= 4 is 5.78 Å². The molecule has 0 aliphatic carbocycles. The third-order valence-electron chi connectivity index (χ3n) is 10.3. The summed E-state index contributed by atoms with van der Waals surface area (Å²) in [5, 5.41) is 0. The highest BCUT2D eigenvalue weighted by molar-refractivity contribution is 5.75. The van der Waals surface area contributed by atoms with Gasteiger partial charge >= 0.3 is 0 Å². The van der Waals surface area contributed by atoms with Gasteiger partial charge in [-0.3, -0.25) is 0 Å². The second-order valence-electron chi connectivity index (χ2n) is 16.8. The lowest BCUT2D eigenvalue weighted by Crippen LogP contribution is -1.87. The van der Waals surface area contributed by atoms with Crippen molar-refractivity contribution < 1.29 is 4.79 Å². The van der Waals surface area contributed by atoms with Crippen LogP contribution >= 0.6 is 0 Å². The van der Waals surface area contributed by atoms with Crippen LogP contribution < -0.4 is 0 Å². The molecule has 0 unspecified atom stereocenters. The first-order valence-corrected chi connectivity index (χ1v) is 21.7. The maximum Gasteiger partial charge on any atom is 0.130 e. The highest BCUT2D eigenvalue weighted by Crippen LogP contribution is 2.18. The molecule has 0 bridgehead atoms. The molecule has 0 N–H and O–H groups in total. The van der Waals surface area contributed by atoms with Crippen molar-refractivity contribution in [3.63, 3.8) is 0 Å². The summed E-state index contributed by atoms with van der Waals surface area (Å²) < 4.78 is 0. The first-order valence-electron chi connectivity index (χ1n) is 21.7. The molecule has 54 heavy (non-hydrogen) atoms. The lowest BCUT2D eigenvalue weighted by molar-refractivity contribution is -0.116. The SMILES string of the molecule is CC(=O)CC/C=C(\C)CC/C=C(\C)CC/C=C(\C)CC/C=C(\C)CC/C=C(\C)CC/C=C(\C)CC/C=C(\C)CC/C=C(\C)CC/C=C(\C)CCC=C(C)C. The Morgan fingerprint density at radius 1 is 0.241 bits per heavy atom. The van der Waals surface area contributed by atoms with E-state index in [4.69, 9.17) is 0 Å². The van der Waals surface area contributed by atoms with Gasteiger partial charge in [0.1, 0.15) is 5.78 Å². The number of Topliss-reactive ketones (excluding diaryl/α,β-unsaturated/α-hetero) is 1. The van der Waals surface area contributed by atoms with Gasteiger partial charge in [-0.2, -0.15) is 0 Å². The number of ketones is 1. The maximum absolute atomic E-state index is 11.1. The molecule has 0 fully saturated rings. The van der Waals surface area contributed by atoms with Crippen LogP contribution in [0.4, 0.5) is 0 Å². The van der Waals surface area contributed by atoms with Gasteiger partial charge < -0.3 is 4.79 Å². The molecule has 0 saturated heterocycles. The second kappa shape index (κ2) is 33.4. The highest BCUT2D eigenvalue weighted by atomic mass is 16.1. The smallest absolute Gasteiger partial charge is 0.130 e. The fraction of sp³-hybridized carbons (Fsp3) is 0.604. The first kappa shape index (κ1) is 51.1. The molecule has 304 valence electrons. The van der Waals surface area contributed by atoms with E-state index >= 15 is 0 Å². The predicted octanol–water partition coefficient (Wildman–Crippen LogP) is 17.9. The molecule has 0 saturated carbocycles. The summed E-state index contributed by atoms with van der Waals surface area (Å²) in [6.07, 6.45) is 46.5. The number of carbonyl (C=O) groups excluding carboxylic acids is 1. The predicted molar refractivity (Wildman–Crippen MR) is 246 cm³/mol. The van der Waals surface area contributed by atoms with Crippen molar-refractivity contribution in [3.8, 4) is 0 Å². The van der Waals surface area contributed by atoms with E-state index in [-0.39, 0.29) is 5.78 Å². The highest BCUT2D eigenvalue weighted by Gasteiger charge is 1.98.